The molecule has 0 atom stereocenters. The van der Waals surface area contributed by atoms with Crippen molar-refractivity contribution in [3.05, 3.63) is 0 Å². The van der Waals surface area contributed by atoms with E-state index < -0.39 is 5.97 Å². The number of hydrogen-bond donors (Lipinski definition) is 2. The molecule has 0 aromatic carbocycles. The second-order valence-corrected chi connectivity index (χ2v) is 5.30. The monoisotopic (exact) mass is 213 g/mol. The molecule has 1 saturated carbocycles. The zero-order valence-electron chi connectivity index (χ0n) is 9.88. The average molecular weight is 213 g/mol. The smallest absolute Gasteiger partial charge is 0.317 e. The third kappa shape index (κ3) is 4.20. The molecule has 0 unspecified atom stereocenters. The van der Waals surface area contributed by atoms with Gasteiger partial charge in [0.2, 0.25) is 0 Å². The molecule has 1 aliphatic carbocycles. The lowest BCUT2D eigenvalue weighted by Gasteiger charge is -2.31. The first kappa shape index (κ1) is 12.5. The number of carboxylic acids is 1. The predicted molar refractivity (Wildman–Crippen MR) is 60.9 cm³/mol. The van der Waals surface area contributed by atoms with E-state index in [1.165, 1.54) is 32.1 Å². The van der Waals surface area contributed by atoms with Gasteiger partial charge in [0.15, 0.2) is 0 Å². The van der Waals surface area contributed by atoms with Crippen molar-refractivity contribution in [2.75, 3.05) is 13.1 Å². The van der Waals surface area contributed by atoms with E-state index in [4.69, 9.17) is 5.11 Å². The van der Waals surface area contributed by atoms with Gasteiger partial charge in [-0.1, -0.05) is 26.7 Å². The maximum atomic E-state index is 10.4. The van der Waals surface area contributed by atoms with Crippen LogP contribution >= 0.6 is 0 Å². The summed E-state index contributed by atoms with van der Waals surface area (Å²) in [5.74, 6) is -0.0533. The quantitative estimate of drug-likeness (QED) is 0.711. The predicted octanol–water partition coefficient (Wildman–Crippen LogP) is 2.27. The van der Waals surface area contributed by atoms with E-state index in [2.05, 4.69) is 19.2 Å². The molecule has 2 N–H and O–H groups in total. The Morgan fingerprint density at radius 1 is 1.40 bits per heavy atom. The summed E-state index contributed by atoms with van der Waals surface area (Å²) < 4.78 is 0. The highest BCUT2D eigenvalue weighted by atomic mass is 16.4. The third-order valence-corrected chi connectivity index (χ3v) is 3.28. The van der Waals surface area contributed by atoms with Gasteiger partial charge in [0, 0.05) is 6.54 Å². The molecule has 1 rings (SSSR count). The molecule has 0 aromatic rings. The van der Waals surface area contributed by atoms with Crippen molar-refractivity contribution in [3.63, 3.8) is 0 Å². The highest BCUT2D eigenvalue weighted by molar-refractivity contribution is 5.68. The molecule has 3 heteroatoms. The van der Waals surface area contributed by atoms with Crippen LogP contribution in [0.15, 0.2) is 0 Å². The van der Waals surface area contributed by atoms with E-state index in [-0.39, 0.29) is 6.54 Å². The zero-order valence-corrected chi connectivity index (χ0v) is 9.88. The first-order chi connectivity index (χ1) is 7.04. The minimum absolute atomic E-state index is 0.0971. The van der Waals surface area contributed by atoms with Gasteiger partial charge in [-0.3, -0.25) is 4.79 Å². The van der Waals surface area contributed by atoms with Crippen molar-refractivity contribution in [2.45, 2.75) is 46.0 Å². The summed E-state index contributed by atoms with van der Waals surface area (Å²) in [7, 11) is 0. The molecule has 88 valence electrons. The van der Waals surface area contributed by atoms with Crippen molar-refractivity contribution in [1.29, 1.82) is 0 Å². The summed E-state index contributed by atoms with van der Waals surface area (Å²) in [6, 6.07) is 0. The van der Waals surface area contributed by atoms with E-state index in [1.54, 1.807) is 0 Å². The Kier molecular flexibility index (Phi) is 4.58. The fourth-order valence-electron chi connectivity index (χ4n) is 2.88. The average Bonchev–Trinajstić information content (AvgIpc) is 2.51. The molecule has 0 amide bonds. The Bertz CT molecular complexity index is 208. The van der Waals surface area contributed by atoms with E-state index in [0.717, 1.165) is 6.54 Å². The zero-order chi connectivity index (χ0) is 11.3. The molecule has 1 aliphatic rings. The first-order valence-corrected chi connectivity index (χ1v) is 5.97. The lowest BCUT2D eigenvalue weighted by atomic mass is 9.78. The fourth-order valence-corrected chi connectivity index (χ4v) is 2.88. The van der Waals surface area contributed by atoms with Crippen LogP contribution in [-0.4, -0.2) is 24.2 Å². The number of rotatable bonds is 6. The van der Waals surface area contributed by atoms with Crippen LogP contribution in [0, 0.1) is 11.3 Å². The molecule has 0 bridgehead atoms. The van der Waals surface area contributed by atoms with Gasteiger partial charge in [0.05, 0.1) is 6.54 Å². The molecule has 0 radical (unpaired) electrons. The fraction of sp³-hybridized carbons (Fsp3) is 0.917. The van der Waals surface area contributed by atoms with Gasteiger partial charge >= 0.3 is 5.97 Å². The van der Waals surface area contributed by atoms with Crippen molar-refractivity contribution in [3.8, 4) is 0 Å². The summed E-state index contributed by atoms with van der Waals surface area (Å²) in [6.07, 6.45) is 6.36. The van der Waals surface area contributed by atoms with Gasteiger partial charge in [0.25, 0.3) is 0 Å². The van der Waals surface area contributed by atoms with Crippen molar-refractivity contribution >= 4 is 5.97 Å². The van der Waals surface area contributed by atoms with Crippen LogP contribution in [0.1, 0.15) is 46.0 Å². The van der Waals surface area contributed by atoms with Crippen LogP contribution in [0.2, 0.25) is 0 Å². The SMILES string of the molecule is CC(C)CC1(CNCC(=O)O)CCCC1. The summed E-state index contributed by atoms with van der Waals surface area (Å²) in [4.78, 5) is 10.4. The van der Waals surface area contributed by atoms with Crippen LogP contribution in [0.4, 0.5) is 0 Å². The number of carboxylic acid groups (broad SMARTS) is 1. The van der Waals surface area contributed by atoms with Crippen molar-refractivity contribution in [2.24, 2.45) is 11.3 Å². The molecule has 3 nitrogen and oxygen atoms in total. The number of hydrogen-bond acceptors (Lipinski definition) is 2. The van der Waals surface area contributed by atoms with Gasteiger partial charge < -0.3 is 10.4 Å². The van der Waals surface area contributed by atoms with Crippen LogP contribution in [-0.2, 0) is 4.79 Å². The lowest BCUT2D eigenvalue weighted by Crippen LogP contribution is -2.36. The summed E-state index contributed by atoms with van der Waals surface area (Å²) in [5.41, 5.74) is 0.379. The van der Waals surface area contributed by atoms with Crippen molar-refractivity contribution in [1.82, 2.24) is 5.32 Å². The van der Waals surface area contributed by atoms with E-state index >= 15 is 0 Å². The van der Waals surface area contributed by atoms with E-state index in [0.29, 0.717) is 11.3 Å². The normalized spacial score (nSPS) is 19.7. The molecular weight excluding hydrogens is 190 g/mol. The maximum absolute atomic E-state index is 10.4. The Hall–Kier alpha value is -0.570. The molecule has 0 aromatic heterocycles. The second kappa shape index (κ2) is 5.50. The largest absolute Gasteiger partial charge is 0.480 e. The third-order valence-electron chi connectivity index (χ3n) is 3.28. The highest BCUT2D eigenvalue weighted by Gasteiger charge is 2.33. The lowest BCUT2D eigenvalue weighted by molar-refractivity contribution is -0.136. The van der Waals surface area contributed by atoms with Gasteiger partial charge in [0.1, 0.15) is 0 Å². The minimum Gasteiger partial charge on any atom is -0.480 e. The standard InChI is InChI=1S/C12H23NO2/c1-10(2)7-12(5-3-4-6-12)9-13-8-11(14)15/h10,13H,3-9H2,1-2H3,(H,14,15). The van der Waals surface area contributed by atoms with Gasteiger partial charge in [-0.05, 0) is 30.6 Å². The van der Waals surface area contributed by atoms with Crippen LogP contribution in [0.3, 0.4) is 0 Å². The second-order valence-electron chi connectivity index (χ2n) is 5.30. The molecule has 1 fully saturated rings. The summed E-state index contributed by atoms with van der Waals surface area (Å²) >= 11 is 0. The van der Waals surface area contributed by atoms with E-state index in [1.807, 2.05) is 0 Å². The Labute approximate surface area is 92.3 Å². The number of nitrogens with one attached hydrogen (secondary N) is 1. The molecule has 15 heavy (non-hydrogen) atoms. The highest BCUT2D eigenvalue weighted by Crippen LogP contribution is 2.42. The molecule has 0 aliphatic heterocycles. The first-order valence-electron chi connectivity index (χ1n) is 5.97. The molecular formula is C12H23NO2. The van der Waals surface area contributed by atoms with E-state index in [9.17, 15) is 4.79 Å². The Balaban J connectivity index is 2.39. The molecule has 0 heterocycles. The summed E-state index contributed by atoms with van der Waals surface area (Å²) in [5, 5.41) is 11.7. The van der Waals surface area contributed by atoms with Crippen LogP contribution in [0.25, 0.3) is 0 Å². The Morgan fingerprint density at radius 3 is 2.47 bits per heavy atom. The number of carbonyl (C=O) groups is 1. The van der Waals surface area contributed by atoms with Gasteiger partial charge in [-0.2, -0.15) is 0 Å². The van der Waals surface area contributed by atoms with Gasteiger partial charge in [-0.25, -0.2) is 0 Å². The van der Waals surface area contributed by atoms with Gasteiger partial charge in [-0.15, -0.1) is 0 Å². The Morgan fingerprint density at radius 2 is 2.00 bits per heavy atom. The topological polar surface area (TPSA) is 49.3 Å². The van der Waals surface area contributed by atoms with Crippen LogP contribution in [0.5, 0.6) is 0 Å². The molecule has 0 spiro atoms. The number of aliphatic carboxylic acids is 1. The summed E-state index contributed by atoms with van der Waals surface area (Å²) in [6.45, 7) is 5.46. The minimum atomic E-state index is -0.757. The maximum Gasteiger partial charge on any atom is 0.317 e. The van der Waals surface area contributed by atoms with Crippen molar-refractivity contribution < 1.29 is 9.90 Å². The van der Waals surface area contributed by atoms with Crippen LogP contribution < -0.4 is 5.32 Å². The molecule has 0 saturated heterocycles.